The molecule has 5 nitrogen and oxygen atoms in total. The molecular weight excluding hydrogens is 258 g/mol. The van der Waals surface area contributed by atoms with Crippen LogP contribution in [0, 0.1) is 5.41 Å². The third-order valence-corrected chi connectivity index (χ3v) is 2.89. The molecule has 5 heteroatoms. The van der Waals surface area contributed by atoms with E-state index in [2.05, 4.69) is 4.99 Å². The summed E-state index contributed by atoms with van der Waals surface area (Å²) in [7, 11) is 0. The minimum Gasteiger partial charge on any atom is -0.462 e. The highest BCUT2D eigenvalue weighted by Crippen LogP contribution is 2.29. The van der Waals surface area contributed by atoms with Crippen molar-refractivity contribution < 1.29 is 19.1 Å². The summed E-state index contributed by atoms with van der Waals surface area (Å²) in [5, 5.41) is 0. The fourth-order valence-electron chi connectivity index (χ4n) is 1.61. The summed E-state index contributed by atoms with van der Waals surface area (Å²) in [6, 6.07) is 0. The summed E-state index contributed by atoms with van der Waals surface area (Å²) in [6.07, 6.45) is 4.30. The van der Waals surface area contributed by atoms with Gasteiger partial charge in [0.25, 0.3) is 0 Å². The fourth-order valence-corrected chi connectivity index (χ4v) is 1.61. The standard InChI is InChI=1S/C15H23NO4/c1-10(2)19-12(17)14(5)7-8-15(6,16-9-14)13(18)20-11(3)4/h7-11H,1-6H3. The number of hydrogen-bond acceptors (Lipinski definition) is 5. The highest BCUT2D eigenvalue weighted by molar-refractivity contribution is 6.00. The summed E-state index contributed by atoms with van der Waals surface area (Å²) in [4.78, 5) is 28.2. The van der Waals surface area contributed by atoms with Crippen molar-refractivity contribution in [3.8, 4) is 0 Å². The second-order valence-electron chi connectivity index (χ2n) is 5.93. The third kappa shape index (κ3) is 3.68. The first kappa shape index (κ1) is 16.4. The van der Waals surface area contributed by atoms with Gasteiger partial charge in [-0.3, -0.25) is 9.79 Å². The van der Waals surface area contributed by atoms with Gasteiger partial charge in [0.2, 0.25) is 0 Å². The number of nitrogens with zero attached hydrogens (tertiary/aromatic N) is 1. The molecular formula is C15H23NO4. The summed E-state index contributed by atoms with van der Waals surface area (Å²) in [5.74, 6) is -0.814. The van der Waals surface area contributed by atoms with Crippen LogP contribution in [-0.2, 0) is 19.1 Å². The molecule has 1 aliphatic rings. The van der Waals surface area contributed by atoms with Gasteiger partial charge in [0.1, 0.15) is 5.41 Å². The zero-order valence-corrected chi connectivity index (χ0v) is 13.0. The second-order valence-corrected chi connectivity index (χ2v) is 5.93. The molecule has 0 fully saturated rings. The molecule has 0 aromatic carbocycles. The average molecular weight is 281 g/mol. The van der Waals surface area contributed by atoms with E-state index in [4.69, 9.17) is 9.47 Å². The number of carbonyl (C=O) groups excluding carboxylic acids is 2. The molecule has 0 amide bonds. The van der Waals surface area contributed by atoms with Crippen LogP contribution in [0.5, 0.6) is 0 Å². The van der Waals surface area contributed by atoms with E-state index in [0.29, 0.717) is 0 Å². The average Bonchev–Trinajstić information content (AvgIpc) is 2.31. The first-order valence-electron chi connectivity index (χ1n) is 6.78. The second kappa shape index (κ2) is 5.77. The van der Waals surface area contributed by atoms with Crippen molar-refractivity contribution in [2.75, 3.05) is 0 Å². The Labute approximate surface area is 120 Å². The SMILES string of the molecule is CC(C)OC(=O)C1(C)C=CC(C)(C(=O)OC(C)C)N=C1. The Hall–Kier alpha value is -1.65. The zero-order chi connectivity index (χ0) is 15.6. The van der Waals surface area contributed by atoms with E-state index in [0.717, 1.165) is 0 Å². The monoisotopic (exact) mass is 281 g/mol. The van der Waals surface area contributed by atoms with Crippen molar-refractivity contribution in [3.63, 3.8) is 0 Å². The molecule has 1 heterocycles. The predicted octanol–water partition coefficient (Wildman–Crippen LogP) is 2.30. The highest BCUT2D eigenvalue weighted by Gasteiger charge is 2.40. The van der Waals surface area contributed by atoms with Gasteiger partial charge in [-0.15, -0.1) is 0 Å². The van der Waals surface area contributed by atoms with Crippen molar-refractivity contribution in [2.45, 2.75) is 59.3 Å². The molecule has 0 aromatic rings. The van der Waals surface area contributed by atoms with Gasteiger partial charge in [0.05, 0.1) is 12.2 Å². The van der Waals surface area contributed by atoms with Crippen molar-refractivity contribution in [1.29, 1.82) is 0 Å². The number of aliphatic imine (C=N–C) groups is 1. The van der Waals surface area contributed by atoms with E-state index < -0.39 is 16.9 Å². The number of dihydropyridines is 1. The van der Waals surface area contributed by atoms with E-state index >= 15 is 0 Å². The Bertz CT molecular complexity index is 395. The fraction of sp³-hybridized carbons (Fsp3) is 0.667. The molecule has 112 valence electrons. The summed E-state index contributed by atoms with van der Waals surface area (Å²) >= 11 is 0. The van der Waals surface area contributed by atoms with Crippen LogP contribution in [0.3, 0.4) is 0 Å². The van der Waals surface area contributed by atoms with Gasteiger partial charge in [0, 0.05) is 6.21 Å². The Kier molecular flexibility index (Phi) is 4.73. The molecule has 0 N–H and O–H groups in total. The normalized spacial score (nSPS) is 28.8. The Balaban J connectivity index is 2.86. The van der Waals surface area contributed by atoms with E-state index in [1.54, 1.807) is 53.7 Å². The van der Waals surface area contributed by atoms with E-state index in [9.17, 15) is 9.59 Å². The molecule has 0 spiro atoms. The molecule has 2 unspecified atom stereocenters. The van der Waals surface area contributed by atoms with Crippen LogP contribution in [-0.4, -0.2) is 35.9 Å². The molecule has 0 bridgehead atoms. The van der Waals surface area contributed by atoms with Crippen molar-refractivity contribution in [1.82, 2.24) is 0 Å². The van der Waals surface area contributed by atoms with Crippen LogP contribution < -0.4 is 0 Å². The topological polar surface area (TPSA) is 65.0 Å². The maximum Gasteiger partial charge on any atom is 0.337 e. The molecule has 20 heavy (non-hydrogen) atoms. The number of ether oxygens (including phenoxy) is 2. The van der Waals surface area contributed by atoms with Crippen molar-refractivity contribution in [2.24, 2.45) is 10.4 Å². The number of hydrogen-bond donors (Lipinski definition) is 0. The largest absolute Gasteiger partial charge is 0.462 e. The van der Waals surface area contributed by atoms with Crippen LogP contribution in [0.4, 0.5) is 0 Å². The Morgan fingerprint density at radius 3 is 1.85 bits per heavy atom. The summed E-state index contributed by atoms with van der Waals surface area (Å²) in [5.41, 5.74) is -2.02. The molecule has 1 rings (SSSR count). The molecule has 0 saturated carbocycles. The van der Waals surface area contributed by atoms with Gasteiger partial charge in [0.15, 0.2) is 5.54 Å². The van der Waals surface area contributed by atoms with Crippen LogP contribution >= 0.6 is 0 Å². The smallest absolute Gasteiger partial charge is 0.337 e. The first-order chi connectivity index (χ1) is 9.09. The maximum absolute atomic E-state index is 12.0. The zero-order valence-electron chi connectivity index (χ0n) is 13.0. The Morgan fingerprint density at radius 2 is 1.45 bits per heavy atom. The van der Waals surface area contributed by atoms with E-state index in [-0.39, 0.29) is 18.2 Å². The minimum absolute atomic E-state index is 0.194. The van der Waals surface area contributed by atoms with Gasteiger partial charge in [-0.25, -0.2) is 4.79 Å². The lowest BCUT2D eigenvalue weighted by molar-refractivity contribution is -0.154. The number of esters is 2. The molecule has 0 saturated heterocycles. The van der Waals surface area contributed by atoms with Crippen LogP contribution in [0.15, 0.2) is 17.1 Å². The third-order valence-electron chi connectivity index (χ3n) is 2.89. The molecule has 0 aromatic heterocycles. The number of carbonyl (C=O) groups is 2. The molecule has 1 aliphatic heterocycles. The van der Waals surface area contributed by atoms with Crippen LogP contribution in [0.1, 0.15) is 41.5 Å². The van der Waals surface area contributed by atoms with Gasteiger partial charge in [-0.1, -0.05) is 6.08 Å². The maximum atomic E-state index is 12.0. The summed E-state index contributed by atoms with van der Waals surface area (Å²) < 4.78 is 10.4. The van der Waals surface area contributed by atoms with Gasteiger partial charge in [-0.05, 0) is 47.6 Å². The van der Waals surface area contributed by atoms with Crippen LogP contribution in [0.25, 0.3) is 0 Å². The molecule has 0 aliphatic carbocycles. The highest BCUT2D eigenvalue weighted by atomic mass is 16.5. The lowest BCUT2D eigenvalue weighted by Crippen LogP contribution is -2.41. The van der Waals surface area contributed by atoms with E-state index in [1.807, 2.05) is 0 Å². The summed E-state index contributed by atoms with van der Waals surface area (Å²) in [6.45, 7) is 10.5. The Morgan fingerprint density at radius 1 is 0.950 bits per heavy atom. The first-order valence-corrected chi connectivity index (χ1v) is 6.78. The predicted molar refractivity (Wildman–Crippen MR) is 76.6 cm³/mol. The van der Waals surface area contributed by atoms with Gasteiger partial charge >= 0.3 is 11.9 Å². The lowest BCUT2D eigenvalue weighted by atomic mass is 9.85. The van der Waals surface area contributed by atoms with Crippen molar-refractivity contribution in [3.05, 3.63) is 12.2 Å². The number of rotatable bonds is 4. The molecule has 0 radical (unpaired) electrons. The van der Waals surface area contributed by atoms with Crippen molar-refractivity contribution >= 4 is 18.2 Å². The molecule has 2 atom stereocenters. The van der Waals surface area contributed by atoms with Crippen LogP contribution in [0.2, 0.25) is 0 Å². The van der Waals surface area contributed by atoms with Gasteiger partial charge in [-0.2, -0.15) is 0 Å². The lowest BCUT2D eigenvalue weighted by Gasteiger charge is -2.29. The van der Waals surface area contributed by atoms with Gasteiger partial charge < -0.3 is 9.47 Å². The minimum atomic E-state index is -1.08. The quantitative estimate of drug-likeness (QED) is 0.586. The van der Waals surface area contributed by atoms with E-state index in [1.165, 1.54) is 6.21 Å².